The number of aromatic nitrogens is 2. The lowest BCUT2D eigenvalue weighted by molar-refractivity contribution is -0.116. The van der Waals surface area contributed by atoms with Gasteiger partial charge in [0.2, 0.25) is 5.91 Å². The van der Waals surface area contributed by atoms with Gasteiger partial charge in [0.05, 0.1) is 0 Å². The summed E-state index contributed by atoms with van der Waals surface area (Å²) in [4.78, 5) is 29.6. The first-order chi connectivity index (χ1) is 12.6. The molecular formula is C20H18ClN3O2. The van der Waals surface area contributed by atoms with Gasteiger partial charge in [-0.1, -0.05) is 54.9 Å². The van der Waals surface area contributed by atoms with E-state index >= 15 is 0 Å². The Morgan fingerprint density at radius 2 is 1.88 bits per heavy atom. The zero-order chi connectivity index (χ0) is 18.5. The maximum Gasteiger partial charge on any atom is 0.254 e. The van der Waals surface area contributed by atoms with Gasteiger partial charge in [-0.05, 0) is 24.6 Å². The summed E-state index contributed by atoms with van der Waals surface area (Å²) in [6.07, 6.45) is 0.643. The quantitative estimate of drug-likeness (QED) is 0.746. The SMILES string of the molecule is CCc1cc(=O)n(CC(=O)Nc2cccc(Cl)c2)c(-c2ccccc2)n1. The zero-order valence-corrected chi connectivity index (χ0v) is 15.0. The van der Waals surface area contributed by atoms with Gasteiger partial charge in [-0.3, -0.25) is 14.2 Å². The van der Waals surface area contributed by atoms with Crippen LogP contribution in [0.1, 0.15) is 12.6 Å². The first-order valence-electron chi connectivity index (χ1n) is 8.28. The number of aryl methyl sites for hydroxylation is 1. The number of rotatable bonds is 5. The lowest BCUT2D eigenvalue weighted by atomic mass is 10.2. The largest absolute Gasteiger partial charge is 0.324 e. The summed E-state index contributed by atoms with van der Waals surface area (Å²) < 4.78 is 1.38. The third-order valence-corrected chi connectivity index (χ3v) is 4.10. The number of halogens is 1. The molecule has 0 atom stereocenters. The van der Waals surface area contributed by atoms with Crippen molar-refractivity contribution in [3.05, 3.63) is 81.7 Å². The van der Waals surface area contributed by atoms with E-state index in [2.05, 4.69) is 10.3 Å². The molecule has 1 amide bonds. The second-order valence-electron chi connectivity index (χ2n) is 5.77. The minimum atomic E-state index is -0.322. The Balaban J connectivity index is 1.94. The van der Waals surface area contributed by atoms with Gasteiger partial charge in [-0.15, -0.1) is 0 Å². The lowest BCUT2D eigenvalue weighted by Gasteiger charge is -2.13. The van der Waals surface area contributed by atoms with Crippen LogP contribution in [-0.4, -0.2) is 15.5 Å². The second-order valence-corrected chi connectivity index (χ2v) is 6.21. The predicted molar refractivity (Wildman–Crippen MR) is 103 cm³/mol. The molecule has 0 saturated carbocycles. The van der Waals surface area contributed by atoms with Gasteiger partial charge in [0.25, 0.3) is 5.56 Å². The summed E-state index contributed by atoms with van der Waals surface area (Å²) in [7, 11) is 0. The van der Waals surface area contributed by atoms with E-state index in [9.17, 15) is 9.59 Å². The maximum atomic E-state index is 12.6. The highest BCUT2D eigenvalue weighted by Crippen LogP contribution is 2.17. The van der Waals surface area contributed by atoms with Crippen molar-refractivity contribution in [2.45, 2.75) is 19.9 Å². The Kier molecular flexibility index (Phi) is 5.49. The standard InChI is InChI=1S/C20H18ClN3O2/c1-2-16-12-19(26)24(20(23-16)14-7-4-3-5-8-14)13-18(25)22-17-10-6-9-15(21)11-17/h3-12H,2,13H2,1H3,(H,22,25). The molecule has 0 aliphatic heterocycles. The fraction of sp³-hybridized carbons (Fsp3) is 0.150. The van der Waals surface area contributed by atoms with Crippen LogP contribution in [0.4, 0.5) is 5.69 Å². The first kappa shape index (κ1) is 17.9. The normalized spacial score (nSPS) is 10.5. The molecule has 1 heterocycles. The zero-order valence-electron chi connectivity index (χ0n) is 14.3. The predicted octanol–water partition coefficient (Wildman–Crippen LogP) is 3.76. The maximum absolute atomic E-state index is 12.6. The van der Waals surface area contributed by atoms with E-state index in [1.165, 1.54) is 10.6 Å². The molecule has 3 rings (SSSR count). The molecule has 0 fully saturated rings. The fourth-order valence-corrected chi connectivity index (χ4v) is 2.80. The molecule has 3 aromatic rings. The average Bonchev–Trinajstić information content (AvgIpc) is 2.64. The molecule has 0 unspecified atom stereocenters. The van der Waals surface area contributed by atoms with Crippen LogP contribution in [0.5, 0.6) is 0 Å². The Morgan fingerprint density at radius 1 is 1.12 bits per heavy atom. The number of amides is 1. The first-order valence-corrected chi connectivity index (χ1v) is 8.66. The minimum Gasteiger partial charge on any atom is -0.324 e. The van der Waals surface area contributed by atoms with E-state index in [0.29, 0.717) is 28.6 Å². The van der Waals surface area contributed by atoms with Crippen molar-refractivity contribution in [1.82, 2.24) is 9.55 Å². The van der Waals surface area contributed by atoms with Crippen molar-refractivity contribution in [2.75, 3.05) is 5.32 Å². The number of carbonyl (C=O) groups is 1. The van der Waals surface area contributed by atoms with Crippen LogP contribution in [0.25, 0.3) is 11.4 Å². The van der Waals surface area contributed by atoms with E-state index in [0.717, 1.165) is 5.56 Å². The number of anilines is 1. The van der Waals surface area contributed by atoms with Gasteiger partial charge >= 0.3 is 0 Å². The smallest absolute Gasteiger partial charge is 0.254 e. The molecule has 26 heavy (non-hydrogen) atoms. The van der Waals surface area contributed by atoms with Crippen molar-refractivity contribution >= 4 is 23.2 Å². The summed E-state index contributed by atoms with van der Waals surface area (Å²) in [6.45, 7) is 1.80. The van der Waals surface area contributed by atoms with Crippen molar-refractivity contribution in [1.29, 1.82) is 0 Å². The van der Waals surface area contributed by atoms with Crippen LogP contribution in [0.15, 0.2) is 65.5 Å². The van der Waals surface area contributed by atoms with Gasteiger partial charge in [-0.2, -0.15) is 0 Å². The number of nitrogens with one attached hydrogen (secondary N) is 1. The third-order valence-electron chi connectivity index (χ3n) is 3.87. The monoisotopic (exact) mass is 367 g/mol. The molecule has 1 aromatic heterocycles. The van der Waals surface area contributed by atoms with Crippen molar-refractivity contribution in [2.24, 2.45) is 0 Å². The molecule has 132 valence electrons. The number of nitrogens with zero attached hydrogens (tertiary/aromatic N) is 2. The summed E-state index contributed by atoms with van der Waals surface area (Å²) in [5, 5.41) is 3.28. The van der Waals surface area contributed by atoms with Gasteiger partial charge in [0.1, 0.15) is 12.4 Å². The Bertz CT molecular complexity index is 984. The van der Waals surface area contributed by atoms with Crippen LogP contribution in [-0.2, 0) is 17.8 Å². The van der Waals surface area contributed by atoms with E-state index in [4.69, 9.17) is 11.6 Å². The molecule has 6 heteroatoms. The molecule has 0 radical (unpaired) electrons. The second kappa shape index (κ2) is 7.97. The van der Waals surface area contributed by atoms with Gasteiger partial charge < -0.3 is 5.32 Å². The van der Waals surface area contributed by atoms with Crippen molar-refractivity contribution in [3.8, 4) is 11.4 Å². The summed E-state index contributed by atoms with van der Waals surface area (Å²) >= 11 is 5.94. The average molecular weight is 368 g/mol. The Labute approximate surface area is 156 Å². The summed E-state index contributed by atoms with van der Waals surface area (Å²) in [5.41, 5.74) is 1.81. The van der Waals surface area contributed by atoms with E-state index in [1.807, 2.05) is 37.3 Å². The van der Waals surface area contributed by atoms with Gasteiger partial charge in [0.15, 0.2) is 0 Å². The lowest BCUT2D eigenvalue weighted by Crippen LogP contribution is -2.30. The highest BCUT2D eigenvalue weighted by atomic mass is 35.5. The molecule has 0 aliphatic carbocycles. The minimum absolute atomic E-state index is 0.132. The molecule has 2 aromatic carbocycles. The van der Waals surface area contributed by atoms with Gasteiger partial charge in [0, 0.05) is 28.0 Å². The fourth-order valence-electron chi connectivity index (χ4n) is 2.61. The van der Waals surface area contributed by atoms with E-state index in [1.54, 1.807) is 24.3 Å². The molecule has 0 aliphatic rings. The molecule has 0 saturated heterocycles. The molecule has 0 bridgehead atoms. The van der Waals surface area contributed by atoms with Gasteiger partial charge in [-0.25, -0.2) is 4.98 Å². The van der Waals surface area contributed by atoms with E-state index < -0.39 is 0 Å². The number of hydrogen-bond donors (Lipinski definition) is 1. The van der Waals surface area contributed by atoms with Crippen molar-refractivity contribution < 1.29 is 4.79 Å². The number of carbonyl (C=O) groups excluding carboxylic acids is 1. The molecule has 5 nitrogen and oxygen atoms in total. The van der Waals surface area contributed by atoms with Crippen LogP contribution in [0, 0.1) is 0 Å². The molecular weight excluding hydrogens is 350 g/mol. The topological polar surface area (TPSA) is 64.0 Å². The Hall–Kier alpha value is -2.92. The molecule has 0 spiro atoms. The number of hydrogen-bond acceptors (Lipinski definition) is 3. The highest BCUT2D eigenvalue weighted by Gasteiger charge is 2.14. The number of benzene rings is 2. The van der Waals surface area contributed by atoms with Crippen molar-refractivity contribution in [3.63, 3.8) is 0 Å². The van der Waals surface area contributed by atoms with Crippen LogP contribution >= 0.6 is 11.6 Å². The van der Waals surface area contributed by atoms with Crippen LogP contribution in [0.2, 0.25) is 5.02 Å². The third kappa shape index (κ3) is 4.18. The summed E-state index contributed by atoms with van der Waals surface area (Å²) in [6, 6.07) is 17.7. The van der Waals surface area contributed by atoms with Crippen LogP contribution in [0.3, 0.4) is 0 Å². The summed E-state index contributed by atoms with van der Waals surface area (Å²) in [5.74, 6) is 0.161. The molecule has 1 N–H and O–H groups in total. The highest BCUT2D eigenvalue weighted by molar-refractivity contribution is 6.30. The Morgan fingerprint density at radius 3 is 2.58 bits per heavy atom. The van der Waals surface area contributed by atoms with E-state index in [-0.39, 0.29) is 18.0 Å². The van der Waals surface area contributed by atoms with Crippen LogP contribution < -0.4 is 10.9 Å².